The summed E-state index contributed by atoms with van der Waals surface area (Å²) in [6.45, 7) is 3.40. The van der Waals surface area contributed by atoms with Crippen LogP contribution in [0.15, 0.2) is 0 Å². The standard InChI is InChI=1S/C15H29NO3/c1-16(10-15(17)11-19-6-5-18-2)9-14-8-12-3-4-13(14)7-12/h12-15,17H,3-11H2,1-2H3. The first-order valence-electron chi connectivity index (χ1n) is 7.62. The van der Waals surface area contributed by atoms with Gasteiger partial charge in [-0.25, -0.2) is 0 Å². The zero-order valence-electron chi connectivity index (χ0n) is 12.4. The number of methoxy groups -OCH3 is 1. The number of nitrogens with zero attached hydrogens (tertiary/aromatic N) is 1. The fourth-order valence-corrected chi connectivity index (χ4v) is 3.85. The lowest BCUT2D eigenvalue weighted by Gasteiger charge is -2.28. The van der Waals surface area contributed by atoms with Crippen LogP contribution in [0.4, 0.5) is 0 Å². The van der Waals surface area contributed by atoms with Gasteiger partial charge in [0, 0.05) is 20.2 Å². The molecular formula is C15H29NO3. The molecule has 1 N–H and O–H groups in total. The Hall–Kier alpha value is -0.160. The van der Waals surface area contributed by atoms with E-state index in [0.29, 0.717) is 26.4 Å². The number of likely N-dealkylation sites (N-methyl/N-ethyl adjacent to an activating group) is 1. The Morgan fingerprint density at radius 3 is 2.74 bits per heavy atom. The van der Waals surface area contributed by atoms with Crippen molar-refractivity contribution >= 4 is 0 Å². The second kappa shape index (κ2) is 7.58. The summed E-state index contributed by atoms with van der Waals surface area (Å²) < 4.78 is 10.3. The quantitative estimate of drug-likeness (QED) is 0.643. The number of aliphatic hydroxyl groups is 1. The molecule has 2 saturated carbocycles. The minimum Gasteiger partial charge on any atom is -0.389 e. The normalized spacial score (nSPS) is 31.3. The van der Waals surface area contributed by atoms with Crippen LogP contribution < -0.4 is 0 Å². The van der Waals surface area contributed by atoms with Crippen molar-refractivity contribution in [3.05, 3.63) is 0 Å². The van der Waals surface area contributed by atoms with E-state index in [4.69, 9.17) is 9.47 Å². The Labute approximate surface area is 117 Å². The highest BCUT2D eigenvalue weighted by Gasteiger charge is 2.39. The summed E-state index contributed by atoms with van der Waals surface area (Å²) in [5, 5.41) is 9.92. The second-order valence-electron chi connectivity index (χ2n) is 6.38. The zero-order chi connectivity index (χ0) is 13.7. The van der Waals surface area contributed by atoms with Crippen molar-refractivity contribution in [1.82, 2.24) is 4.90 Å². The fourth-order valence-electron chi connectivity index (χ4n) is 3.85. The van der Waals surface area contributed by atoms with Gasteiger partial charge in [-0.2, -0.15) is 0 Å². The molecule has 0 amide bonds. The summed E-state index contributed by atoms with van der Waals surface area (Å²) in [5.41, 5.74) is 0. The van der Waals surface area contributed by atoms with Crippen LogP contribution in [0, 0.1) is 17.8 Å². The van der Waals surface area contributed by atoms with E-state index in [2.05, 4.69) is 11.9 Å². The molecule has 4 atom stereocenters. The highest BCUT2D eigenvalue weighted by molar-refractivity contribution is 4.91. The van der Waals surface area contributed by atoms with Crippen LogP contribution in [0.5, 0.6) is 0 Å². The molecule has 2 rings (SSSR count). The van der Waals surface area contributed by atoms with Crippen molar-refractivity contribution in [2.45, 2.75) is 31.8 Å². The molecule has 4 heteroatoms. The number of ether oxygens (including phenoxy) is 2. The molecule has 4 unspecified atom stereocenters. The van der Waals surface area contributed by atoms with E-state index in [-0.39, 0.29) is 6.10 Å². The van der Waals surface area contributed by atoms with Crippen LogP contribution in [0.25, 0.3) is 0 Å². The van der Waals surface area contributed by atoms with Gasteiger partial charge in [0.25, 0.3) is 0 Å². The molecule has 4 nitrogen and oxygen atoms in total. The molecular weight excluding hydrogens is 242 g/mol. The molecule has 0 aliphatic heterocycles. The summed E-state index contributed by atoms with van der Waals surface area (Å²) in [6, 6.07) is 0. The number of aliphatic hydroxyl groups excluding tert-OH is 1. The Morgan fingerprint density at radius 1 is 1.26 bits per heavy atom. The molecule has 0 aromatic carbocycles. The van der Waals surface area contributed by atoms with Crippen molar-refractivity contribution in [2.75, 3.05) is 47.1 Å². The van der Waals surface area contributed by atoms with Gasteiger partial charge in [-0.3, -0.25) is 0 Å². The lowest BCUT2D eigenvalue weighted by molar-refractivity contribution is 0.000147. The summed E-state index contributed by atoms with van der Waals surface area (Å²) in [4.78, 5) is 2.27. The van der Waals surface area contributed by atoms with Crippen LogP contribution in [-0.4, -0.2) is 63.2 Å². The van der Waals surface area contributed by atoms with Gasteiger partial charge in [-0.05, 0) is 44.1 Å². The number of rotatable bonds is 9. The third-order valence-electron chi connectivity index (χ3n) is 4.70. The van der Waals surface area contributed by atoms with E-state index in [1.165, 1.54) is 25.7 Å². The van der Waals surface area contributed by atoms with Crippen LogP contribution in [0.1, 0.15) is 25.7 Å². The molecule has 2 aliphatic rings. The Balaban J connectivity index is 1.57. The van der Waals surface area contributed by atoms with E-state index >= 15 is 0 Å². The van der Waals surface area contributed by atoms with Crippen LogP contribution in [0.2, 0.25) is 0 Å². The van der Waals surface area contributed by atoms with E-state index in [1.54, 1.807) is 7.11 Å². The van der Waals surface area contributed by atoms with E-state index < -0.39 is 0 Å². The Morgan fingerprint density at radius 2 is 2.11 bits per heavy atom. The maximum atomic E-state index is 9.92. The summed E-state index contributed by atoms with van der Waals surface area (Å²) in [6.07, 6.45) is 5.38. The number of hydrogen-bond acceptors (Lipinski definition) is 4. The topological polar surface area (TPSA) is 41.9 Å². The van der Waals surface area contributed by atoms with Gasteiger partial charge in [0.1, 0.15) is 0 Å². The first-order chi connectivity index (χ1) is 9.19. The van der Waals surface area contributed by atoms with Gasteiger partial charge in [0.05, 0.1) is 25.9 Å². The highest BCUT2D eigenvalue weighted by atomic mass is 16.5. The average molecular weight is 271 g/mol. The van der Waals surface area contributed by atoms with Gasteiger partial charge in [-0.1, -0.05) is 6.42 Å². The van der Waals surface area contributed by atoms with E-state index in [1.807, 2.05) is 0 Å². The van der Waals surface area contributed by atoms with Gasteiger partial charge in [0.2, 0.25) is 0 Å². The van der Waals surface area contributed by atoms with Gasteiger partial charge < -0.3 is 19.5 Å². The summed E-state index contributed by atoms with van der Waals surface area (Å²) in [5.74, 6) is 2.83. The molecule has 0 radical (unpaired) electrons. The molecule has 2 fully saturated rings. The third-order valence-corrected chi connectivity index (χ3v) is 4.70. The molecule has 0 aromatic rings. The largest absolute Gasteiger partial charge is 0.389 e. The van der Waals surface area contributed by atoms with Crippen molar-refractivity contribution < 1.29 is 14.6 Å². The second-order valence-corrected chi connectivity index (χ2v) is 6.38. The SMILES string of the molecule is COCCOCC(O)CN(C)CC1CC2CCC1C2. The lowest BCUT2D eigenvalue weighted by atomic mass is 9.88. The van der Waals surface area contributed by atoms with Gasteiger partial charge >= 0.3 is 0 Å². The lowest BCUT2D eigenvalue weighted by Crippen LogP contribution is -2.36. The predicted molar refractivity (Wildman–Crippen MR) is 75.1 cm³/mol. The Kier molecular flexibility index (Phi) is 6.07. The third kappa shape index (κ3) is 4.71. The average Bonchev–Trinajstić information content (AvgIpc) is 2.96. The Bertz CT molecular complexity index is 262. The van der Waals surface area contributed by atoms with Gasteiger partial charge in [-0.15, -0.1) is 0 Å². The van der Waals surface area contributed by atoms with Crippen molar-refractivity contribution in [2.24, 2.45) is 17.8 Å². The molecule has 2 aliphatic carbocycles. The molecule has 0 spiro atoms. The first kappa shape index (κ1) is 15.2. The summed E-state index contributed by atoms with van der Waals surface area (Å²) in [7, 11) is 3.77. The molecule has 0 saturated heterocycles. The smallest absolute Gasteiger partial charge is 0.0900 e. The summed E-state index contributed by atoms with van der Waals surface area (Å²) >= 11 is 0. The maximum absolute atomic E-state index is 9.92. The van der Waals surface area contributed by atoms with E-state index in [9.17, 15) is 5.11 Å². The van der Waals surface area contributed by atoms with Gasteiger partial charge in [0.15, 0.2) is 0 Å². The van der Waals surface area contributed by atoms with Crippen molar-refractivity contribution in [1.29, 1.82) is 0 Å². The van der Waals surface area contributed by atoms with E-state index in [0.717, 1.165) is 24.3 Å². The first-order valence-corrected chi connectivity index (χ1v) is 7.62. The molecule has 0 aromatic heterocycles. The fraction of sp³-hybridized carbons (Fsp3) is 1.00. The molecule has 2 bridgehead atoms. The molecule has 19 heavy (non-hydrogen) atoms. The predicted octanol–water partition coefficient (Wildman–Crippen LogP) is 1.38. The monoisotopic (exact) mass is 271 g/mol. The maximum Gasteiger partial charge on any atom is 0.0900 e. The number of fused-ring (bicyclic) bond motifs is 2. The highest BCUT2D eigenvalue weighted by Crippen LogP contribution is 2.48. The van der Waals surface area contributed by atoms with Crippen LogP contribution >= 0.6 is 0 Å². The van der Waals surface area contributed by atoms with Crippen LogP contribution in [-0.2, 0) is 9.47 Å². The molecule has 112 valence electrons. The zero-order valence-corrected chi connectivity index (χ0v) is 12.4. The van der Waals surface area contributed by atoms with Crippen molar-refractivity contribution in [3.63, 3.8) is 0 Å². The number of hydrogen-bond donors (Lipinski definition) is 1. The molecule has 0 heterocycles. The van der Waals surface area contributed by atoms with Crippen LogP contribution in [0.3, 0.4) is 0 Å². The minimum atomic E-state index is -0.388. The van der Waals surface area contributed by atoms with Crippen molar-refractivity contribution in [3.8, 4) is 0 Å². The minimum absolute atomic E-state index is 0.388.